The van der Waals surface area contributed by atoms with E-state index >= 15 is 0 Å². The maximum Gasteiger partial charge on any atom is 0.315 e. The summed E-state index contributed by atoms with van der Waals surface area (Å²) in [6, 6.07) is 0. The topological polar surface area (TPSA) is 50.2 Å². The van der Waals surface area contributed by atoms with E-state index in [2.05, 4.69) is 4.98 Å². The Labute approximate surface area is 98.5 Å². The molecule has 0 aromatic carbocycles. The minimum Gasteiger partial charge on any atom is -0.481 e. The van der Waals surface area contributed by atoms with Crippen LogP contribution in [0.2, 0.25) is 0 Å². The summed E-state index contributed by atoms with van der Waals surface area (Å²) in [7, 11) is 0. The summed E-state index contributed by atoms with van der Waals surface area (Å²) < 4.78 is 0. The van der Waals surface area contributed by atoms with Crippen molar-refractivity contribution in [3.05, 3.63) is 16.1 Å². The lowest BCUT2D eigenvalue weighted by atomic mass is 9.83. The Morgan fingerprint density at radius 2 is 2.12 bits per heavy atom. The average Bonchev–Trinajstić information content (AvgIpc) is 2.83. The van der Waals surface area contributed by atoms with Gasteiger partial charge in [0.2, 0.25) is 0 Å². The van der Waals surface area contributed by atoms with Crippen molar-refractivity contribution >= 4 is 17.3 Å². The molecule has 0 atom stereocenters. The highest BCUT2D eigenvalue weighted by Crippen LogP contribution is 2.46. The zero-order valence-corrected chi connectivity index (χ0v) is 9.92. The Morgan fingerprint density at radius 3 is 2.69 bits per heavy atom. The lowest BCUT2D eigenvalue weighted by molar-refractivity contribution is -0.143. The molecule has 3 nitrogen and oxygen atoms in total. The Kier molecular flexibility index (Phi) is 2.28. The SMILES string of the molecule is O=C(O)C1(c2csc(C3CC3)n2)CCCC1. The second-order valence-electron chi connectivity index (χ2n) is 4.94. The molecule has 0 aliphatic heterocycles. The Balaban J connectivity index is 1.95. The third-order valence-electron chi connectivity index (χ3n) is 3.81. The van der Waals surface area contributed by atoms with Crippen LogP contribution in [0.1, 0.15) is 55.1 Å². The maximum atomic E-state index is 11.5. The van der Waals surface area contributed by atoms with Crippen LogP contribution in [-0.4, -0.2) is 16.1 Å². The molecule has 2 aliphatic rings. The minimum atomic E-state index is -0.683. The standard InChI is InChI=1S/C12H15NO2S/c14-11(15)12(5-1-2-6-12)9-7-16-10(13-9)8-3-4-8/h7-8H,1-6H2,(H,14,15). The third-order valence-corrected chi connectivity index (χ3v) is 4.81. The van der Waals surface area contributed by atoms with Crippen LogP contribution in [0, 0.1) is 0 Å². The maximum absolute atomic E-state index is 11.5. The fourth-order valence-corrected chi connectivity index (χ4v) is 3.67. The normalized spacial score (nSPS) is 23.5. The van der Waals surface area contributed by atoms with Crippen molar-refractivity contribution in [3.8, 4) is 0 Å². The lowest BCUT2D eigenvalue weighted by Crippen LogP contribution is -2.32. The van der Waals surface area contributed by atoms with Gasteiger partial charge in [0.1, 0.15) is 5.41 Å². The number of nitrogens with zero attached hydrogens (tertiary/aromatic N) is 1. The molecule has 2 fully saturated rings. The highest BCUT2D eigenvalue weighted by molar-refractivity contribution is 7.09. The molecule has 4 heteroatoms. The van der Waals surface area contributed by atoms with Gasteiger partial charge in [-0.2, -0.15) is 0 Å². The zero-order chi connectivity index (χ0) is 11.2. The molecule has 86 valence electrons. The number of hydrogen-bond acceptors (Lipinski definition) is 3. The van der Waals surface area contributed by atoms with E-state index in [1.807, 2.05) is 5.38 Å². The van der Waals surface area contributed by atoms with Crippen molar-refractivity contribution in [1.29, 1.82) is 0 Å². The molecule has 0 bridgehead atoms. The zero-order valence-electron chi connectivity index (χ0n) is 9.11. The van der Waals surface area contributed by atoms with E-state index in [4.69, 9.17) is 0 Å². The first kappa shape index (κ1) is 10.3. The summed E-state index contributed by atoms with van der Waals surface area (Å²) in [5, 5.41) is 12.6. The van der Waals surface area contributed by atoms with E-state index in [0.717, 1.165) is 36.4 Å². The van der Waals surface area contributed by atoms with E-state index in [1.165, 1.54) is 12.8 Å². The van der Waals surface area contributed by atoms with Crippen LogP contribution in [0.15, 0.2) is 5.38 Å². The van der Waals surface area contributed by atoms with Crippen LogP contribution >= 0.6 is 11.3 Å². The minimum absolute atomic E-state index is 0.631. The van der Waals surface area contributed by atoms with Gasteiger partial charge < -0.3 is 5.11 Å². The van der Waals surface area contributed by atoms with Crippen molar-refractivity contribution < 1.29 is 9.90 Å². The molecule has 0 spiro atoms. The van der Waals surface area contributed by atoms with Gasteiger partial charge in [0.25, 0.3) is 0 Å². The fraction of sp³-hybridized carbons (Fsp3) is 0.667. The summed E-state index contributed by atoms with van der Waals surface area (Å²) in [5.74, 6) is -0.0522. The van der Waals surface area contributed by atoms with E-state index in [-0.39, 0.29) is 0 Å². The van der Waals surface area contributed by atoms with Crippen LogP contribution < -0.4 is 0 Å². The molecule has 3 rings (SSSR count). The molecule has 1 aromatic heterocycles. The summed E-state index contributed by atoms with van der Waals surface area (Å²) >= 11 is 1.65. The molecule has 0 radical (unpaired) electrons. The number of carboxylic acids is 1. The van der Waals surface area contributed by atoms with Crippen molar-refractivity contribution in [2.24, 2.45) is 0 Å². The summed E-state index contributed by atoms with van der Waals surface area (Å²) in [4.78, 5) is 16.1. The highest BCUT2D eigenvalue weighted by atomic mass is 32.1. The van der Waals surface area contributed by atoms with Gasteiger partial charge in [0, 0.05) is 11.3 Å². The molecular weight excluding hydrogens is 222 g/mol. The molecule has 0 saturated heterocycles. The van der Waals surface area contributed by atoms with Crippen molar-refractivity contribution in [2.75, 3.05) is 0 Å². The van der Waals surface area contributed by atoms with Crippen molar-refractivity contribution in [2.45, 2.75) is 49.9 Å². The van der Waals surface area contributed by atoms with Crippen LogP contribution in [-0.2, 0) is 10.2 Å². The Hall–Kier alpha value is -0.900. The summed E-state index contributed by atoms with van der Waals surface area (Å²) in [5.41, 5.74) is 0.160. The summed E-state index contributed by atoms with van der Waals surface area (Å²) in [6.45, 7) is 0. The van der Waals surface area contributed by atoms with Gasteiger partial charge in [-0.15, -0.1) is 11.3 Å². The first-order valence-corrected chi connectivity index (χ1v) is 6.80. The predicted molar refractivity (Wildman–Crippen MR) is 61.9 cm³/mol. The average molecular weight is 237 g/mol. The second kappa shape index (κ2) is 3.55. The van der Waals surface area contributed by atoms with Crippen LogP contribution in [0.5, 0.6) is 0 Å². The van der Waals surface area contributed by atoms with Gasteiger partial charge >= 0.3 is 5.97 Å². The molecule has 1 aromatic rings. The van der Waals surface area contributed by atoms with E-state index in [0.29, 0.717) is 5.92 Å². The van der Waals surface area contributed by atoms with Crippen molar-refractivity contribution in [3.63, 3.8) is 0 Å². The molecule has 1 N–H and O–H groups in total. The molecule has 1 heterocycles. The Bertz CT molecular complexity index is 416. The van der Waals surface area contributed by atoms with Gasteiger partial charge in [-0.05, 0) is 25.7 Å². The highest BCUT2D eigenvalue weighted by Gasteiger charge is 2.45. The number of rotatable bonds is 3. The van der Waals surface area contributed by atoms with E-state index < -0.39 is 11.4 Å². The number of thiazole rings is 1. The third kappa shape index (κ3) is 1.47. The van der Waals surface area contributed by atoms with E-state index in [1.54, 1.807) is 11.3 Å². The van der Waals surface area contributed by atoms with Crippen LogP contribution in [0.25, 0.3) is 0 Å². The number of aliphatic carboxylic acids is 1. The first-order chi connectivity index (χ1) is 7.72. The molecule has 2 aliphatic carbocycles. The number of hydrogen-bond donors (Lipinski definition) is 1. The smallest absolute Gasteiger partial charge is 0.315 e. The van der Waals surface area contributed by atoms with Crippen molar-refractivity contribution in [1.82, 2.24) is 4.98 Å². The van der Waals surface area contributed by atoms with E-state index in [9.17, 15) is 9.90 Å². The fourth-order valence-electron chi connectivity index (χ4n) is 2.58. The monoisotopic (exact) mass is 237 g/mol. The molecule has 0 amide bonds. The van der Waals surface area contributed by atoms with Gasteiger partial charge in [-0.25, -0.2) is 4.98 Å². The Morgan fingerprint density at radius 1 is 1.44 bits per heavy atom. The van der Waals surface area contributed by atoms with Gasteiger partial charge in [-0.3, -0.25) is 4.79 Å². The molecule has 2 saturated carbocycles. The molecular formula is C12H15NO2S. The van der Waals surface area contributed by atoms with Gasteiger partial charge in [0.15, 0.2) is 0 Å². The number of aromatic nitrogens is 1. The molecule has 0 unspecified atom stereocenters. The first-order valence-electron chi connectivity index (χ1n) is 5.92. The lowest BCUT2D eigenvalue weighted by Gasteiger charge is -2.21. The summed E-state index contributed by atoms with van der Waals surface area (Å²) in [6.07, 6.45) is 6.01. The predicted octanol–water partition coefficient (Wildman–Crippen LogP) is 2.92. The van der Waals surface area contributed by atoms with Crippen LogP contribution in [0.4, 0.5) is 0 Å². The quantitative estimate of drug-likeness (QED) is 0.879. The van der Waals surface area contributed by atoms with Crippen LogP contribution in [0.3, 0.4) is 0 Å². The molecule has 16 heavy (non-hydrogen) atoms. The van der Waals surface area contributed by atoms with Gasteiger partial charge in [0.05, 0.1) is 10.7 Å². The number of carbonyl (C=O) groups is 1. The second-order valence-corrected chi connectivity index (χ2v) is 5.83. The van der Waals surface area contributed by atoms with Gasteiger partial charge in [-0.1, -0.05) is 12.8 Å². The largest absolute Gasteiger partial charge is 0.481 e. The number of carboxylic acid groups (broad SMARTS) is 1.